The molecule has 3 aliphatic heterocycles. The SMILES string of the molecule is Cc1cc2cc(n1)-c1cnccc1OCCCCCCn1c(nc3cc(C)c(N4CCC5(CCN(CCF)CC5)CC4)cc31)NC2=O. The van der Waals surface area contributed by atoms with E-state index in [1.165, 1.54) is 36.9 Å². The number of aryl methyl sites for hydroxylation is 3. The predicted molar refractivity (Wildman–Crippen MR) is 184 cm³/mol. The number of halogens is 1. The van der Waals surface area contributed by atoms with Gasteiger partial charge in [-0.25, -0.2) is 9.37 Å². The van der Waals surface area contributed by atoms with Crippen molar-refractivity contribution in [2.45, 2.75) is 71.8 Å². The summed E-state index contributed by atoms with van der Waals surface area (Å²) in [6, 6.07) is 9.95. The maximum atomic E-state index is 13.8. The fourth-order valence-electron chi connectivity index (χ4n) is 7.74. The first-order chi connectivity index (χ1) is 22.9. The Hall–Kier alpha value is -4.05. The summed E-state index contributed by atoms with van der Waals surface area (Å²) in [7, 11) is 0. The van der Waals surface area contributed by atoms with Gasteiger partial charge in [0.25, 0.3) is 5.91 Å². The van der Waals surface area contributed by atoms with Crippen molar-refractivity contribution in [2.75, 3.05) is 56.2 Å². The summed E-state index contributed by atoms with van der Waals surface area (Å²) in [4.78, 5) is 32.6. The number of carbonyl (C=O) groups is 1. The number of piperidine rings is 2. The lowest BCUT2D eigenvalue weighted by atomic mass is 9.71. The van der Waals surface area contributed by atoms with Crippen LogP contribution in [0.1, 0.15) is 73.0 Å². The lowest BCUT2D eigenvalue weighted by molar-refractivity contribution is 0.0764. The summed E-state index contributed by atoms with van der Waals surface area (Å²) < 4.78 is 21.3. The molecule has 3 aliphatic rings. The van der Waals surface area contributed by atoms with Gasteiger partial charge in [-0.15, -0.1) is 0 Å². The molecule has 1 aromatic carbocycles. The molecule has 1 amide bonds. The third-order valence-corrected chi connectivity index (χ3v) is 10.6. The van der Waals surface area contributed by atoms with Crippen LogP contribution in [0.4, 0.5) is 16.0 Å². The topological polar surface area (TPSA) is 88.4 Å². The van der Waals surface area contributed by atoms with Crippen LogP contribution in [0.3, 0.4) is 0 Å². The largest absolute Gasteiger partial charge is 0.493 e. The minimum atomic E-state index is -0.253. The van der Waals surface area contributed by atoms with Gasteiger partial charge < -0.3 is 19.1 Å². The van der Waals surface area contributed by atoms with Crippen molar-refractivity contribution in [2.24, 2.45) is 5.41 Å². The average Bonchev–Trinajstić information content (AvgIpc) is 3.40. The Morgan fingerprint density at radius 3 is 2.53 bits per heavy atom. The number of nitrogens with zero attached hydrogens (tertiary/aromatic N) is 6. The van der Waals surface area contributed by atoms with Gasteiger partial charge in [-0.1, -0.05) is 12.8 Å². The first-order valence-corrected chi connectivity index (χ1v) is 17.3. The molecule has 9 nitrogen and oxygen atoms in total. The number of fused-ring (bicyclic) bond motifs is 7. The van der Waals surface area contributed by atoms with E-state index in [-0.39, 0.29) is 12.6 Å². The van der Waals surface area contributed by atoms with E-state index in [9.17, 15) is 9.18 Å². The second-order valence-electron chi connectivity index (χ2n) is 13.7. The Balaban J connectivity index is 1.17. The van der Waals surface area contributed by atoms with Gasteiger partial charge in [0, 0.05) is 55.5 Å². The number of carbonyl (C=O) groups excluding carboxylic acids is 1. The monoisotopic (exact) mass is 639 g/mol. The zero-order valence-electron chi connectivity index (χ0n) is 27.7. The molecule has 2 fully saturated rings. The van der Waals surface area contributed by atoms with Crippen molar-refractivity contribution in [3.8, 4) is 17.0 Å². The molecular weight excluding hydrogens is 593 g/mol. The predicted octanol–water partition coefficient (Wildman–Crippen LogP) is 6.97. The van der Waals surface area contributed by atoms with Crippen LogP contribution in [0.2, 0.25) is 0 Å². The summed E-state index contributed by atoms with van der Waals surface area (Å²) in [5.41, 5.74) is 7.48. The first kappa shape index (κ1) is 31.5. The van der Waals surface area contributed by atoms with E-state index in [4.69, 9.17) is 14.7 Å². The van der Waals surface area contributed by atoms with Crippen LogP contribution in [-0.4, -0.2) is 76.3 Å². The van der Waals surface area contributed by atoms with Gasteiger partial charge in [0.2, 0.25) is 5.95 Å². The Morgan fingerprint density at radius 1 is 0.936 bits per heavy atom. The quantitative estimate of drug-likeness (QED) is 0.259. The van der Waals surface area contributed by atoms with Crippen molar-refractivity contribution >= 4 is 28.6 Å². The molecule has 0 unspecified atom stereocenters. The number of pyridine rings is 2. The normalized spacial score (nSPS) is 19.2. The first-order valence-electron chi connectivity index (χ1n) is 17.3. The van der Waals surface area contributed by atoms with Crippen molar-refractivity contribution in [3.05, 3.63) is 59.5 Å². The number of benzene rings is 1. The summed E-state index contributed by atoms with van der Waals surface area (Å²) in [6.45, 7) is 9.85. The highest BCUT2D eigenvalue weighted by Gasteiger charge is 2.37. The third-order valence-electron chi connectivity index (χ3n) is 10.6. The summed E-state index contributed by atoms with van der Waals surface area (Å²) in [5, 5.41) is 3.16. The minimum absolute atomic E-state index is 0.220. The number of alkyl halides is 1. The molecule has 2 bridgehead atoms. The van der Waals surface area contributed by atoms with Crippen molar-refractivity contribution < 1.29 is 13.9 Å². The fraction of sp³-hybridized carbons (Fsp3) is 0.514. The number of hydrogen-bond acceptors (Lipinski definition) is 7. The molecule has 1 N–H and O–H groups in total. The zero-order valence-corrected chi connectivity index (χ0v) is 27.7. The number of anilines is 2. The van der Waals surface area contributed by atoms with Gasteiger partial charge in [0.15, 0.2) is 0 Å². The summed E-state index contributed by atoms with van der Waals surface area (Å²) >= 11 is 0. The number of amides is 1. The van der Waals surface area contributed by atoms with Crippen LogP contribution in [0.5, 0.6) is 5.75 Å². The van der Waals surface area contributed by atoms with Crippen LogP contribution in [0.25, 0.3) is 22.3 Å². The van der Waals surface area contributed by atoms with Gasteiger partial charge in [0.05, 0.1) is 28.9 Å². The molecule has 2 saturated heterocycles. The van der Waals surface area contributed by atoms with Gasteiger partial charge in [-0.05, 0) is 107 Å². The molecule has 6 heterocycles. The number of rotatable bonds is 3. The lowest BCUT2D eigenvalue weighted by Crippen LogP contribution is -2.47. The molecular formula is C37H46FN7O2. The van der Waals surface area contributed by atoms with Gasteiger partial charge in [-0.3, -0.25) is 20.1 Å². The Kier molecular flexibility index (Phi) is 9.12. The van der Waals surface area contributed by atoms with Gasteiger partial charge in [0.1, 0.15) is 12.4 Å². The molecule has 1 spiro atoms. The van der Waals surface area contributed by atoms with E-state index < -0.39 is 0 Å². The highest BCUT2D eigenvalue weighted by molar-refractivity contribution is 6.05. The highest BCUT2D eigenvalue weighted by atomic mass is 19.1. The molecule has 4 aromatic rings. The number of nitrogens with one attached hydrogen (secondary N) is 1. The maximum absolute atomic E-state index is 13.8. The Bertz CT molecular complexity index is 1740. The van der Waals surface area contributed by atoms with E-state index in [1.807, 2.05) is 19.1 Å². The van der Waals surface area contributed by atoms with Gasteiger partial charge >= 0.3 is 0 Å². The van der Waals surface area contributed by atoms with E-state index in [0.29, 0.717) is 35.8 Å². The standard InChI is InChI=1S/C37H46FN7O2/c1-26-21-31-33(24-32(26)44-17-10-37(11-18-44)8-15-43(16-9-37)19-12-38)45-14-5-3-4-6-20-47-34-7-13-39-25-29(34)30-23-28(22-27(2)40-30)35(46)42-36(45)41-31/h7,13,21-25H,3-6,8-12,14-20H2,1-2H3,(H,41,42,46). The van der Waals surface area contributed by atoms with Crippen LogP contribution in [0, 0.1) is 19.3 Å². The molecule has 0 saturated carbocycles. The molecule has 0 atom stereocenters. The minimum Gasteiger partial charge on any atom is -0.493 e. The Labute approximate surface area is 276 Å². The van der Waals surface area contributed by atoms with Crippen LogP contribution < -0.4 is 15.0 Å². The van der Waals surface area contributed by atoms with E-state index in [2.05, 4.69) is 43.7 Å². The number of likely N-dealkylation sites (tertiary alicyclic amines) is 1. The van der Waals surface area contributed by atoms with Crippen LogP contribution in [0.15, 0.2) is 42.7 Å². The third kappa shape index (κ3) is 6.70. The lowest BCUT2D eigenvalue weighted by Gasteiger charge is -2.47. The maximum Gasteiger partial charge on any atom is 0.258 e. The Morgan fingerprint density at radius 2 is 1.72 bits per heavy atom. The summed E-state index contributed by atoms with van der Waals surface area (Å²) in [6.07, 6.45) is 12.2. The fourth-order valence-corrected chi connectivity index (χ4v) is 7.74. The van der Waals surface area contributed by atoms with Gasteiger partial charge in [-0.2, -0.15) is 0 Å². The zero-order chi connectivity index (χ0) is 32.4. The molecule has 0 radical (unpaired) electrons. The van der Waals surface area contributed by atoms with E-state index in [1.54, 1.807) is 18.5 Å². The molecule has 0 aliphatic carbocycles. The average molecular weight is 640 g/mol. The molecule has 47 heavy (non-hydrogen) atoms. The highest BCUT2D eigenvalue weighted by Crippen LogP contribution is 2.43. The van der Waals surface area contributed by atoms with Crippen molar-refractivity contribution in [1.82, 2.24) is 24.4 Å². The second kappa shape index (κ2) is 13.6. The smallest absolute Gasteiger partial charge is 0.258 e. The summed E-state index contributed by atoms with van der Waals surface area (Å²) in [5.74, 6) is 1.09. The number of hydrogen-bond donors (Lipinski definition) is 1. The molecule has 7 rings (SSSR count). The number of imidazole rings is 1. The van der Waals surface area contributed by atoms with E-state index >= 15 is 0 Å². The number of ether oxygens (including phenoxy) is 1. The van der Waals surface area contributed by atoms with Crippen molar-refractivity contribution in [3.63, 3.8) is 0 Å². The second-order valence-corrected chi connectivity index (χ2v) is 13.7. The number of aromatic nitrogens is 4. The molecule has 10 heteroatoms. The molecule has 3 aromatic heterocycles. The van der Waals surface area contributed by atoms with Crippen LogP contribution >= 0.6 is 0 Å². The van der Waals surface area contributed by atoms with E-state index in [0.717, 1.165) is 86.4 Å². The van der Waals surface area contributed by atoms with Crippen LogP contribution in [-0.2, 0) is 6.54 Å². The van der Waals surface area contributed by atoms with Crippen molar-refractivity contribution in [1.29, 1.82) is 0 Å². The molecule has 248 valence electrons.